The minimum absolute atomic E-state index is 0. The number of aromatic nitrogens is 1. The smallest absolute Gasteiger partial charge is 0.107 e. The monoisotopic (exact) mass is 344 g/mol. The van der Waals surface area contributed by atoms with E-state index >= 15 is 0 Å². The van der Waals surface area contributed by atoms with Crippen LogP contribution in [-0.4, -0.2) is 53.5 Å². The van der Waals surface area contributed by atoms with Gasteiger partial charge in [-0.3, -0.25) is 9.80 Å². The van der Waals surface area contributed by atoms with Gasteiger partial charge in [-0.05, 0) is 40.3 Å². The molecule has 0 spiro atoms. The van der Waals surface area contributed by atoms with Crippen molar-refractivity contribution in [2.75, 3.05) is 26.7 Å². The molecule has 3 heterocycles. The van der Waals surface area contributed by atoms with Gasteiger partial charge >= 0.3 is 0 Å². The van der Waals surface area contributed by atoms with Crippen LogP contribution in [0.3, 0.4) is 0 Å². The van der Waals surface area contributed by atoms with Crippen molar-refractivity contribution in [3.63, 3.8) is 0 Å². The van der Waals surface area contributed by atoms with Crippen LogP contribution in [0.15, 0.2) is 0 Å². The molecule has 4 nitrogen and oxygen atoms in total. The molecule has 2 aliphatic rings. The fraction of sp³-hybridized carbons (Fsp3) is 0.812. The number of fused-ring (bicyclic) bond motifs is 1. The van der Waals surface area contributed by atoms with Crippen molar-refractivity contribution >= 4 is 23.7 Å². The van der Waals surface area contributed by atoms with E-state index in [1.807, 2.05) is 11.3 Å². The molecule has 3 rings (SSSR count). The first kappa shape index (κ1) is 18.1. The van der Waals surface area contributed by atoms with Gasteiger partial charge in [0, 0.05) is 43.0 Å². The Hall–Kier alpha value is -0.200. The molecule has 1 N–H and O–H groups in total. The summed E-state index contributed by atoms with van der Waals surface area (Å²) in [6, 6.07) is 1.30. The summed E-state index contributed by atoms with van der Waals surface area (Å²) in [5, 5.41) is 4.74. The Labute approximate surface area is 144 Å². The molecule has 1 fully saturated rings. The van der Waals surface area contributed by atoms with Crippen molar-refractivity contribution < 1.29 is 0 Å². The fourth-order valence-electron chi connectivity index (χ4n) is 3.40. The number of likely N-dealkylation sites (tertiary alicyclic amines) is 1. The molecule has 0 saturated carbocycles. The maximum Gasteiger partial charge on any atom is 0.107 e. The first-order valence-corrected chi connectivity index (χ1v) is 9.08. The molecule has 1 unspecified atom stereocenters. The van der Waals surface area contributed by atoms with Gasteiger partial charge in [-0.25, -0.2) is 4.98 Å². The molecular formula is C16H29ClN4S. The van der Waals surface area contributed by atoms with E-state index in [0.29, 0.717) is 12.1 Å². The molecule has 1 aromatic heterocycles. The average molecular weight is 345 g/mol. The molecule has 1 saturated heterocycles. The van der Waals surface area contributed by atoms with Gasteiger partial charge in [-0.1, -0.05) is 0 Å². The number of thiazole rings is 1. The molecule has 0 radical (unpaired) electrons. The summed E-state index contributed by atoms with van der Waals surface area (Å²) in [7, 11) is 2.08. The zero-order chi connectivity index (χ0) is 14.8. The molecule has 1 atom stereocenters. The van der Waals surface area contributed by atoms with E-state index in [1.54, 1.807) is 0 Å². The second-order valence-electron chi connectivity index (χ2n) is 6.65. The van der Waals surface area contributed by atoms with Gasteiger partial charge in [0.25, 0.3) is 0 Å². The quantitative estimate of drug-likeness (QED) is 0.909. The highest BCUT2D eigenvalue weighted by atomic mass is 35.5. The lowest BCUT2D eigenvalue weighted by Crippen LogP contribution is -2.43. The van der Waals surface area contributed by atoms with Crippen molar-refractivity contribution in [2.24, 2.45) is 0 Å². The zero-order valence-corrected chi connectivity index (χ0v) is 15.6. The Morgan fingerprint density at radius 1 is 1.36 bits per heavy atom. The molecule has 0 bridgehead atoms. The summed E-state index contributed by atoms with van der Waals surface area (Å²) < 4.78 is 0. The van der Waals surface area contributed by atoms with Crippen LogP contribution in [0.2, 0.25) is 0 Å². The molecular weight excluding hydrogens is 316 g/mol. The summed E-state index contributed by atoms with van der Waals surface area (Å²) in [5.74, 6) is 0. The van der Waals surface area contributed by atoms with E-state index in [-0.39, 0.29) is 12.4 Å². The van der Waals surface area contributed by atoms with E-state index in [2.05, 4.69) is 36.0 Å². The maximum atomic E-state index is 4.92. The highest BCUT2D eigenvalue weighted by molar-refractivity contribution is 7.11. The van der Waals surface area contributed by atoms with Gasteiger partial charge in [-0.15, -0.1) is 23.7 Å². The van der Waals surface area contributed by atoms with Gasteiger partial charge in [0.1, 0.15) is 5.01 Å². The van der Waals surface area contributed by atoms with Crippen molar-refractivity contribution in [1.29, 1.82) is 0 Å². The van der Waals surface area contributed by atoms with Crippen LogP contribution in [-0.2, 0) is 19.5 Å². The van der Waals surface area contributed by atoms with Crippen molar-refractivity contribution in [2.45, 2.75) is 58.3 Å². The second kappa shape index (κ2) is 8.06. The summed E-state index contributed by atoms with van der Waals surface area (Å²) in [6.07, 6.45) is 3.74. The van der Waals surface area contributed by atoms with E-state index < -0.39 is 0 Å². The number of hydrogen-bond donors (Lipinski definition) is 1. The number of hydrogen-bond acceptors (Lipinski definition) is 5. The molecule has 22 heavy (non-hydrogen) atoms. The number of likely N-dealkylation sites (N-methyl/N-ethyl adjacent to an activating group) is 1. The molecule has 0 aromatic carbocycles. The summed E-state index contributed by atoms with van der Waals surface area (Å²) in [4.78, 5) is 11.5. The van der Waals surface area contributed by atoms with Gasteiger partial charge in [0.2, 0.25) is 0 Å². The normalized spacial score (nSPS) is 23.4. The molecule has 126 valence electrons. The SMILES string of the molecule is CNC1CCCN(Cc2nc3c(s2)CN(C(C)C)CC3)C1.Cl. The van der Waals surface area contributed by atoms with Crippen LogP contribution in [0.25, 0.3) is 0 Å². The molecule has 1 aromatic rings. The van der Waals surface area contributed by atoms with Crippen LogP contribution < -0.4 is 5.32 Å². The van der Waals surface area contributed by atoms with Crippen LogP contribution >= 0.6 is 23.7 Å². The summed E-state index contributed by atoms with van der Waals surface area (Å²) in [6.45, 7) is 10.3. The highest BCUT2D eigenvalue weighted by Crippen LogP contribution is 2.27. The van der Waals surface area contributed by atoms with Crippen molar-refractivity contribution in [3.8, 4) is 0 Å². The summed E-state index contributed by atoms with van der Waals surface area (Å²) in [5.41, 5.74) is 1.37. The van der Waals surface area contributed by atoms with E-state index in [9.17, 15) is 0 Å². The first-order chi connectivity index (χ1) is 10.2. The topological polar surface area (TPSA) is 31.4 Å². The fourth-order valence-corrected chi connectivity index (χ4v) is 4.59. The Bertz CT molecular complexity index is 477. The van der Waals surface area contributed by atoms with Crippen LogP contribution in [0, 0.1) is 0 Å². The first-order valence-electron chi connectivity index (χ1n) is 8.27. The Morgan fingerprint density at radius 2 is 2.18 bits per heavy atom. The zero-order valence-electron chi connectivity index (χ0n) is 14.0. The largest absolute Gasteiger partial charge is 0.316 e. The second-order valence-corrected chi connectivity index (χ2v) is 7.82. The lowest BCUT2D eigenvalue weighted by atomic mass is 10.1. The predicted molar refractivity (Wildman–Crippen MR) is 96.0 cm³/mol. The molecule has 2 aliphatic heterocycles. The molecule has 6 heteroatoms. The van der Waals surface area contributed by atoms with Crippen LogP contribution in [0.1, 0.15) is 42.3 Å². The van der Waals surface area contributed by atoms with E-state index in [4.69, 9.17) is 4.98 Å². The lowest BCUT2D eigenvalue weighted by Gasteiger charge is -2.31. The number of rotatable bonds is 4. The third-order valence-electron chi connectivity index (χ3n) is 4.81. The van der Waals surface area contributed by atoms with Crippen LogP contribution in [0.4, 0.5) is 0 Å². The average Bonchev–Trinajstić information content (AvgIpc) is 2.88. The number of piperidine rings is 1. The third-order valence-corrected chi connectivity index (χ3v) is 5.88. The van der Waals surface area contributed by atoms with Gasteiger partial charge < -0.3 is 5.32 Å². The van der Waals surface area contributed by atoms with Gasteiger partial charge in [0.05, 0.1) is 12.2 Å². The minimum atomic E-state index is 0. The van der Waals surface area contributed by atoms with Crippen molar-refractivity contribution in [3.05, 3.63) is 15.6 Å². The Balaban J connectivity index is 0.00000176. The Morgan fingerprint density at radius 3 is 2.91 bits per heavy atom. The molecule has 0 amide bonds. The number of nitrogens with one attached hydrogen (secondary N) is 1. The number of halogens is 1. The van der Waals surface area contributed by atoms with Gasteiger partial charge in [-0.2, -0.15) is 0 Å². The van der Waals surface area contributed by atoms with Gasteiger partial charge in [0.15, 0.2) is 0 Å². The highest BCUT2D eigenvalue weighted by Gasteiger charge is 2.24. The third kappa shape index (κ3) is 4.20. The standard InChI is InChI=1S/C16H28N4S.ClH/c1-12(2)20-8-6-14-15(10-20)21-16(18-14)11-19-7-4-5-13(9-19)17-3;/h12-13,17H,4-11H2,1-3H3;1H. The van der Waals surface area contributed by atoms with Crippen LogP contribution in [0.5, 0.6) is 0 Å². The van der Waals surface area contributed by atoms with Crippen molar-refractivity contribution in [1.82, 2.24) is 20.1 Å². The molecule has 0 aliphatic carbocycles. The van der Waals surface area contributed by atoms with E-state index in [0.717, 1.165) is 19.5 Å². The minimum Gasteiger partial charge on any atom is -0.316 e. The maximum absolute atomic E-state index is 4.92. The lowest BCUT2D eigenvalue weighted by molar-refractivity contribution is 0.187. The van der Waals surface area contributed by atoms with E-state index in [1.165, 1.54) is 48.1 Å². The predicted octanol–water partition coefficient (Wildman–Crippen LogP) is 2.52. The summed E-state index contributed by atoms with van der Waals surface area (Å²) >= 11 is 1.94. The number of nitrogens with zero attached hydrogens (tertiary/aromatic N) is 3. The Kier molecular flexibility index (Phi) is 6.65.